The Labute approximate surface area is 94.5 Å². The summed E-state index contributed by atoms with van der Waals surface area (Å²) in [5.41, 5.74) is 7.47. The van der Waals surface area contributed by atoms with Crippen LogP contribution >= 0.6 is 11.6 Å². The van der Waals surface area contributed by atoms with Crippen LogP contribution < -0.4 is 5.73 Å². The first-order valence-electron chi connectivity index (χ1n) is 4.78. The minimum absolute atomic E-state index is 0.0409. The molecular formula is C11H16ClNO2. The lowest BCUT2D eigenvalue weighted by molar-refractivity contribution is 0.149. The van der Waals surface area contributed by atoms with Crippen LogP contribution in [-0.4, -0.2) is 16.3 Å². The second-order valence-electron chi connectivity index (χ2n) is 3.87. The average molecular weight is 230 g/mol. The zero-order chi connectivity index (χ0) is 11.7. The number of aliphatic hydroxyl groups excluding tert-OH is 1. The van der Waals surface area contributed by atoms with Gasteiger partial charge < -0.3 is 15.9 Å². The Morgan fingerprint density at radius 2 is 1.93 bits per heavy atom. The van der Waals surface area contributed by atoms with E-state index in [1.165, 1.54) is 6.07 Å². The summed E-state index contributed by atoms with van der Waals surface area (Å²) in [6.45, 7) is 5.24. The molecule has 84 valence electrons. The number of aryl methyl sites for hydroxylation is 1. The van der Waals surface area contributed by atoms with Crippen molar-refractivity contribution < 1.29 is 10.2 Å². The average Bonchev–Trinajstić information content (AvgIpc) is 2.14. The maximum atomic E-state index is 9.83. The van der Waals surface area contributed by atoms with Crippen molar-refractivity contribution >= 4 is 11.6 Å². The number of aliphatic hydroxyl groups is 1. The Hall–Kier alpha value is -0.770. The normalized spacial score (nSPS) is 15.1. The highest BCUT2D eigenvalue weighted by Crippen LogP contribution is 2.35. The lowest BCUT2D eigenvalue weighted by atomic mass is 9.96. The highest BCUT2D eigenvalue weighted by Gasteiger charge is 2.21. The maximum absolute atomic E-state index is 9.83. The SMILES string of the molecule is Cc1cc(O)c(C(O)C(C)N)c(C)c1Cl. The molecule has 1 rings (SSSR count). The fraction of sp³-hybridized carbons (Fsp3) is 0.455. The van der Waals surface area contributed by atoms with Crippen LogP contribution in [0.1, 0.15) is 29.7 Å². The van der Waals surface area contributed by atoms with Gasteiger partial charge in [-0.05, 0) is 38.0 Å². The quantitative estimate of drug-likeness (QED) is 0.727. The molecule has 0 aliphatic heterocycles. The molecule has 1 aromatic rings. The van der Waals surface area contributed by atoms with Crippen LogP contribution in [0.2, 0.25) is 5.02 Å². The van der Waals surface area contributed by atoms with E-state index in [1.807, 2.05) is 0 Å². The minimum Gasteiger partial charge on any atom is -0.508 e. The largest absolute Gasteiger partial charge is 0.508 e. The van der Waals surface area contributed by atoms with Crippen molar-refractivity contribution in [3.05, 3.63) is 27.8 Å². The monoisotopic (exact) mass is 229 g/mol. The second kappa shape index (κ2) is 4.39. The van der Waals surface area contributed by atoms with Gasteiger partial charge in [0.25, 0.3) is 0 Å². The molecule has 0 saturated heterocycles. The van der Waals surface area contributed by atoms with Crippen LogP contribution in [0, 0.1) is 13.8 Å². The molecule has 0 saturated carbocycles. The number of hydrogen-bond donors (Lipinski definition) is 3. The van der Waals surface area contributed by atoms with Crippen LogP contribution in [-0.2, 0) is 0 Å². The summed E-state index contributed by atoms with van der Waals surface area (Å²) >= 11 is 6.04. The Morgan fingerprint density at radius 3 is 2.40 bits per heavy atom. The summed E-state index contributed by atoms with van der Waals surface area (Å²) in [6.07, 6.45) is -0.900. The number of benzene rings is 1. The summed E-state index contributed by atoms with van der Waals surface area (Å²) in [5, 5.41) is 20.1. The van der Waals surface area contributed by atoms with Crippen LogP contribution in [0.25, 0.3) is 0 Å². The number of phenolic OH excluding ortho intramolecular Hbond substituents is 1. The van der Waals surface area contributed by atoms with Crippen molar-refractivity contribution in [1.82, 2.24) is 0 Å². The van der Waals surface area contributed by atoms with Gasteiger partial charge in [0.1, 0.15) is 5.75 Å². The molecule has 0 radical (unpaired) electrons. The number of aromatic hydroxyl groups is 1. The van der Waals surface area contributed by atoms with E-state index < -0.39 is 12.1 Å². The zero-order valence-electron chi connectivity index (χ0n) is 9.08. The Balaban J connectivity index is 3.36. The van der Waals surface area contributed by atoms with Gasteiger partial charge in [-0.3, -0.25) is 0 Å². The summed E-state index contributed by atoms with van der Waals surface area (Å²) in [7, 11) is 0. The zero-order valence-corrected chi connectivity index (χ0v) is 9.84. The molecule has 2 atom stereocenters. The summed E-state index contributed by atoms with van der Waals surface area (Å²) in [5.74, 6) is 0.0409. The van der Waals surface area contributed by atoms with Gasteiger partial charge in [0.15, 0.2) is 0 Å². The van der Waals surface area contributed by atoms with Crippen LogP contribution in [0.15, 0.2) is 6.07 Å². The number of nitrogens with two attached hydrogens (primary N) is 1. The molecule has 0 heterocycles. The first-order chi connectivity index (χ1) is 6.86. The van der Waals surface area contributed by atoms with Gasteiger partial charge >= 0.3 is 0 Å². The van der Waals surface area contributed by atoms with Gasteiger partial charge in [0.05, 0.1) is 6.10 Å². The molecule has 0 spiro atoms. The van der Waals surface area contributed by atoms with E-state index in [1.54, 1.807) is 20.8 Å². The summed E-state index contributed by atoms with van der Waals surface area (Å²) in [4.78, 5) is 0. The molecule has 0 bridgehead atoms. The van der Waals surface area contributed by atoms with E-state index in [0.717, 1.165) is 5.56 Å². The van der Waals surface area contributed by atoms with E-state index in [2.05, 4.69) is 0 Å². The number of hydrogen-bond acceptors (Lipinski definition) is 3. The fourth-order valence-corrected chi connectivity index (χ4v) is 1.74. The molecule has 4 N–H and O–H groups in total. The van der Waals surface area contributed by atoms with Crippen molar-refractivity contribution in [2.45, 2.75) is 32.9 Å². The van der Waals surface area contributed by atoms with Crippen LogP contribution in [0.4, 0.5) is 0 Å². The number of phenols is 1. The molecule has 1 aromatic carbocycles. The van der Waals surface area contributed by atoms with Gasteiger partial charge in [-0.1, -0.05) is 11.6 Å². The van der Waals surface area contributed by atoms with Crippen molar-refractivity contribution in [3.8, 4) is 5.75 Å². The number of rotatable bonds is 2. The molecule has 0 aliphatic carbocycles. The lowest BCUT2D eigenvalue weighted by Gasteiger charge is -2.20. The standard InChI is InChI=1S/C11H16ClNO2/c1-5-4-8(14)9(6(2)10(5)12)11(15)7(3)13/h4,7,11,14-15H,13H2,1-3H3. The topological polar surface area (TPSA) is 66.5 Å². The van der Waals surface area contributed by atoms with Crippen LogP contribution in [0.3, 0.4) is 0 Å². The summed E-state index contributed by atoms with van der Waals surface area (Å²) in [6, 6.07) is 1.09. The van der Waals surface area contributed by atoms with E-state index in [-0.39, 0.29) is 5.75 Å². The molecule has 0 aromatic heterocycles. The third kappa shape index (κ3) is 2.25. The molecule has 2 unspecified atom stereocenters. The third-order valence-electron chi connectivity index (χ3n) is 2.50. The maximum Gasteiger partial charge on any atom is 0.122 e. The molecule has 4 heteroatoms. The van der Waals surface area contributed by atoms with E-state index in [9.17, 15) is 10.2 Å². The Kier molecular flexibility index (Phi) is 3.60. The molecule has 0 fully saturated rings. The Morgan fingerprint density at radius 1 is 1.40 bits per heavy atom. The van der Waals surface area contributed by atoms with Gasteiger partial charge in [-0.25, -0.2) is 0 Å². The highest BCUT2D eigenvalue weighted by molar-refractivity contribution is 6.32. The van der Waals surface area contributed by atoms with Crippen molar-refractivity contribution in [1.29, 1.82) is 0 Å². The molecule has 3 nitrogen and oxygen atoms in total. The predicted molar refractivity (Wildman–Crippen MR) is 61.2 cm³/mol. The Bertz CT molecular complexity index is 377. The van der Waals surface area contributed by atoms with Crippen molar-refractivity contribution in [3.63, 3.8) is 0 Å². The van der Waals surface area contributed by atoms with E-state index >= 15 is 0 Å². The van der Waals surface area contributed by atoms with Gasteiger partial charge in [-0.15, -0.1) is 0 Å². The fourth-order valence-electron chi connectivity index (χ4n) is 1.59. The van der Waals surface area contributed by atoms with Crippen molar-refractivity contribution in [2.24, 2.45) is 5.73 Å². The van der Waals surface area contributed by atoms with E-state index in [0.29, 0.717) is 16.1 Å². The van der Waals surface area contributed by atoms with Gasteiger partial charge in [-0.2, -0.15) is 0 Å². The van der Waals surface area contributed by atoms with Crippen LogP contribution in [0.5, 0.6) is 5.75 Å². The number of halogens is 1. The second-order valence-corrected chi connectivity index (χ2v) is 4.25. The van der Waals surface area contributed by atoms with E-state index in [4.69, 9.17) is 17.3 Å². The predicted octanol–water partition coefficient (Wildman–Crippen LogP) is 2.04. The van der Waals surface area contributed by atoms with Gasteiger partial charge in [0, 0.05) is 16.6 Å². The molecule has 0 aliphatic rings. The third-order valence-corrected chi connectivity index (χ3v) is 3.08. The molecule has 0 amide bonds. The molecule has 15 heavy (non-hydrogen) atoms. The summed E-state index contributed by atoms with van der Waals surface area (Å²) < 4.78 is 0. The minimum atomic E-state index is -0.900. The van der Waals surface area contributed by atoms with Crippen molar-refractivity contribution in [2.75, 3.05) is 0 Å². The first kappa shape index (κ1) is 12.3. The molecular weight excluding hydrogens is 214 g/mol. The lowest BCUT2D eigenvalue weighted by Crippen LogP contribution is -2.25. The highest BCUT2D eigenvalue weighted by atomic mass is 35.5. The smallest absolute Gasteiger partial charge is 0.122 e. The first-order valence-corrected chi connectivity index (χ1v) is 5.16. The van der Waals surface area contributed by atoms with Gasteiger partial charge in [0.2, 0.25) is 0 Å².